The fraction of sp³-hybridized carbons (Fsp3) is 0.778. The lowest BCUT2D eigenvalue weighted by molar-refractivity contribution is 0.579. The maximum absolute atomic E-state index is 5.54. The first-order chi connectivity index (χ1) is 17.8. The van der Waals surface area contributed by atoms with Gasteiger partial charge in [-0.15, -0.1) is 12.4 Å². The fourth-order valence-electron chi connectivity index (χ4n) is 3.92. The summed E-state index contributed by atoms with van der Waals surface area (Å²) in [6, 6.07) is 7.01. The standard InChI is InChI=1S/C27H57N9.ClH/c28-7-1-10-31-13-4-16-34-22-25-19-26(23-35-17-5-14-32-11-2-8-29)21-27(20-25)24-36-18-6-15-33-12-3-9-30;/h19-21,31-36H,1-18,22-24,28-30H2;1H. The quantitative estimate of drug-likeness (QED) is 0.0716. The Morgan fingerprint density at radius 1 is 0.378 bits per heavy atom. The first-order valence-corrected chi connectivity index (χ1v) is 14.3. The number of hydrogen-bond donors (Lipinski definition) is 9. The van der Waals surface area contributed by atoms with Crippen LogP contribution in [0.25, 0.3) is 0 Å². The Morgan fingerprint density at radius 2 is 0.622 bits per heavy atom. The lowest BCUT2D eigenvalue weighted by Crippen LogP contribution is -2.25. The van der Waals surface area contributed by atoms with E-state index in [9.17, 15) is 0 Å². The molecule has 1 aromatic rings. The van der Waals surface area contributed by atoms with Crippen molar-refractivity contribution < 1.29 is 0 Å². The summed E-state index contributed by atoms with van der Waals surface area (Å²) in [4.78, 5) is 0. The minimum absolute atomic E-state index is 0. The van der Waals surface area contributed by atoms with Gasteiger partial charge in [-0.3, -0.25) is 0 Å². The highest BCUT2D eigenvalue weighted by Gasteiger charge is 2.03. The second-order valence-electron chi connectivity index (χ2n) is 9.43. The third-order valence-electron chi connectivity index (χ3n) is 5.89. The van der Waals surface area contributed by atoms with Gasteiger partial charge >= 0.3 is 0 Å². The van der Waals surface area contributed by atoms with E-state index in [1.807, 2.05) is 0 Å². The van der Waals surface area contributed by atoms with Gasteiger partial charge in [0.15, 0.2) is 0 Å². The number of nitrogens with two attached hydrogens (primary N) is 3. The molecule has 0 saturated carbocycles. The van der Waals surface area contributed by atoms with Gasteiger partial charge in [-0.05, 0) is 134 Å². The zero-order chi connectivity index (χ0) is 25.9. The van der Waals surface area contributed by atoms with Gasteiger partial charge in [-0.1, -0.05) is 18.2 Å². The van der Waals surface area contributed by atoms with Crippen LogP contribution < -0.4 is 49.1 Å². The van der Waals surface area contributed by atoms with Gasteiger partial charge in [0.2, 0.25) is 0 Å². The lowest BCUT2D eigenvalue weighted by Gasteiger charge is -2.13. The number of halogens is 1. The van der Waals surface area contributed by atoms with Crippen LogP contribution in [0.1, 0.15) is 55.2 Å². The largest absolute Gasteiger partial charge is 0.330 e. The zero-order valence-corrected chi connectivity index (χ0v) is 24.0. The Labute approximate surface area is 233 Å². The fourth-order valence-corrected chi connectivity index (χ4v) is 3.92. The predicted octanol–water partition coefficient (Wildman–Crippen LogP) is 0.363. The summed E-state index contributed by atoms with van der Waals surface area (Å²) in [7, 11) is 0. The average Bonchev–Trinajstić information content (AvgIpc) is 2.89. The van der Waals surface area contributed by atoms with Crippen molar-refractivity contribution in [3.05, 3.63) is 34.9 Å². The van der Waals surface area contributed by atoms with E-state index in [-0.39, 0.29) is 12.4 Å². The molecule has 0 atom stereocenters. The van der Waals surface area contributed by atoms with Crippen LogP contribution in [-0.4, -0.2) is 78.5 Å². The molecule has 0 aliphatic heterocycles. The van der Waals surface area contributed by atoms with E-state index in [0.29, 0.717) is 0 Å². The molecule has 10 heteroatoms. The molecule has 0 saturated heterocycles. The van der Waals surface area contributed by atoms with Gasteiger partial charge in [0, 0.05) is 19.6 Å². The Hall–Kier alpha value is -0.850. The molecule has 0 aliphatic rings. The smallest absolute Gasteiger partial charge is 0.0205 e. The molecule has 9 nitrogen and oxygen atoms in total. The minimum atomic E-state index is 0. The molecular weight excluding hydrogens is 486 g/mol. The third-order valence-corrected chi connectivity index (χ3v) is 5.89. The highest BCUT2D eigenvalue weighted by atomic mass is 35.5. The van der Waals surface area contributed by atoms with E-state index in [1.54, 1.807) is 0 Å². The van der Waals surface area contributed by atoms with E-state index < -0.39 is 0 Å². The normalized spacial score (nSPS) is 11.1. The molecule has 0 spiro atoms. The summed E-state index contributed by atoms with van der Waals surface area (Å²) in [6.07, 6.45) is 6.50. The van der Waals surface area contributed by atoms with E-state index >= 15 is 0 Å². The van der Waals surface area contributed by atoms with Crippen molar-refractivity contribution in [2.75, 3.05) is 78.5 Å². The molecule has 0 amide bonds. The maximum atomic E-state index is 5.54. The van der Waals surface area contributed by atoms with Crippen molar-refractivity contribution in [2.45, 2.75) is 58.2 Å². The van der Waals surface area contributed by atoms with Crippen LogP contribution in [0.5, 0.6) is 0 Å². The van der Waals surface area contributed by atoms with Crippen LogP contribution >= 0.6 is 12.4 Å². The van der Waals surface area contributed by atoms with Crippen molar-refractivity contribution in [3.63, 3.8) is 0 Å². The van der Waals surface area contributed by atoms with Crippen molar-refractivity contribution in [1.82, 2.24) is 31.9 Å². The zero-order valence-electron chi connectivity index (χ0n) is 23.2. The molecular formula is C27H58ClN9. The van der Waals surface area contributed by atoms with E-state index in [4.69, 9.17) is 17.2 Å². The average molecular weight is 544 g/mol. The highest BCUT2D eigenvalue weighted by molar-refractivity contribution is 5.85. The van der Waals surface area contributed by atoms with Crippen LogP contribution in [0.4, 0.5) is 0 Å². The van der Waals surface area contributed by atoms with Crippen LogP contribution in [-0.2, 0) is 19.6 Å². The van der Waals surface area contributed by atoms with Gasteiger partial charge in [0.1, 0.15) is 0 Å². The van der Waals surface area contributed by atoms with E-state index in [0.717, 1.165) is 137 Å². The summed E-state index contributed by atoms with van der Waals surface area (Å²) in [5.41, 5.74) is 20.7. The summed E-state index contributed by atoms with van der Waals surface area (Å²) in [5, 5.41) is 21.2. The second-order valence-corrected chi connectivity index (χ2v) is 9.43. The molecule has 0 fully saturated rings. The molecule has 0 aromatic heterocycles. The SMILES string of the molecule is Cl.NCCCNCCCNCc1cc(CNCCCNCCCN)cc(CNCCCNCCCN)c1. The Morgan fingerprint density at radius 3 is 0.892 bits per heavy atom. The lowest BCUT2D eigenvalue weighted by atomic mass is 10.0. The number of nitrogens with one attached hydrogen (secondary N) is 6. The van der Waals surface area contributed by atoms with Crippen LogP contribution in [0, 0.1) is 0 Å². The maximum Gasteiger partial charge on any atom is 0.0205 e. The molecule has 1 rings (SSSR count). The summed E-state index contributed by atoms with van der Waals surface area (Å²) in [6.45, 7) is 14.2. The molecule has 37 heavy (non-hydrogen) atoms. The first kappa shape index (κ1) is 36.1. The summed E-state index contributed by atoms with van der Waals surface area (Å²) >= 11 is 0. The van der Waals surface area contributed by atoms with Gasteiger partial charge in [-0.25, -0.2) is 0 Å². The molecule has 218 valence electrons. The third kappa shape index (κ3) is 22.8. The summed E-state index contributed by atoms with van der Waals surface area (Å²) in [5.74, 6) is 0. The Kier molecular flexibility index (Phi) is 27.5. The van der Waals surface area contributed by atoms with Crippen LogP contribution in [0.2, 0.25) is 0 Å². The van der Waals surface area contributed by atoms with Gasteiger partial charge in [0.05, 0.1) is 0 Å². The van der Waals surface area contributed by atoms with Crippen molar-refractivity contribution in [3.8, 4) is 0 Å². The van der Waals surface area contributed by atoms with Crippen molar-refractivity contribution >= 4 is 12.4 Å². The molecule has 0 aliphatic carbocycles. The molecule has 0 unspecified atom stereocenters. The number of hydrogen-bond acceptors (Lipinski definition) is 9. The number of benzene rings is 1. The second kappa shape index (κ2) is 28.2. The van der Waals surface area contributed by atoms with Gasteiger partial charge < -0.3 is 49.1 Å². The predicted molar refractivity (Wildman–Crippen MR) is 162 cm³/mol. The minimum Gasteiger partial charge on any atom is -0.330 e. The first-order valence-electron chi connectivity index (χ1n) is 14.3. The molecule has 1 aromatic carbocycles. The topological polar surface area (TPSA) is 150 Å². The van der Waals surface area contributed by atoms with E-state index in [2.05, 4.69) is 50.1 Å². The Balaban J connectivity index is 0.0000130. The monoisotopic (exact) mass is 543 g/mol. The summed E-state index contributed by atoms with van der Waals surface area (Å²) < 4.78 is 0. The molecule has 0 bridgehead atoms. The molecule has 12 N–H and O–H groups in total. The van der Waals surface area contributed by atoms with Crippen molar-refractivity contribution in [2.24, 2.45) is 17.2 Å². The van der Waals surface area contributed by atoms with Gasteiger partial charge in [0.25, 0.3) is 0 Å². The van der Waals surface area contributed by atoms with Crippen molar-refractivity contribution in [1.29, 1.82) is 0 Å². The van der Waals surface area contributed by atoms with E-state index in [1.165, 1.54) is 16.7 Å². The van der Waals surface area contributed by atoms with Gasteiger partial charge in [-0.2, -0.15) is 0 Å². The molecule has 0 radical (unpaired) electrons. The molecule has 0 heterocycles. The van der Waals surface area contributed by atoms with Crippen LogP contribution in [0.3, 0.4) is 0 Å². The highest BCUT2D eigenvalue weighted by Crippen LogP contribution is 2.11. The van der Waals surface area contributed by atoms with Crippen LogP contribution in [0.15, 0.2) is 18.2 Å². The Bertz CT molecular complexity index is 514. The number of rotatable bonds is 27.